The summed E-state index contributed by atoms with van der Waals surface area (Å²) in [5, 5.41) is 20.3. The largest absolute Gasteiger partial charge is 0.480 e. The molecule has 0 spiro atoms. The minimum atomic E-state index is -1.32. The molecule has 7 heteroatoms. The van der Waals surface area contributed by atoms with Gasteiger partial charge in [-0.15, -0.1) is 0 Å². The van der Waals surface area contributed by atoms with E-state index in [1.807, 2.05) is 13.8 Å². The van der Waals surface area contributed by atoms with Crippen molar-refractivity contribution >= 4 is 29.5 Å². The zero-order valence-electron chi connectivity index (χ0n) is 8.88. The van der Waals surface area contributed by atoms with E-state index in [0.717, 1.165) is 0 Å². The molecule has 0 saturated carbocycles. The van der Waals surface area contributed by atoms with Gasteiger partial charge in [0.1, 0.15) is 23.5 Å². The van der Waals surface area contributed by atoms with Crippen LogP contribution < -0.4 is 5.32 Å². The lowest BCUT2D eigenvalue weighted by atomic mass is 9.47. The van der Waals surface area contributed by atoms with Crippen LogP contribution in [0.25, 0.3) is 0 Å². The van der Waals surface area contributed by atoms with Crippen molar-refractivity contribution in [1.29, 1.82) is 0 Å². The molecule has 0 rings (SSSR count). The van der Waals surface area contributed by atoms with Gasteiger partial charge in [0, 0.05) is 11.4 Å². The Morgan fingerprint density at radius 2 is 1.77 bits per heavy atom. The summed E-state index contributed by atoms with van der Waals surface area (Å²) in [6.45, 7) is 3.68. The average Bonchev–Trinajstić information content (AvgIpc) is 1.82. The second-order valence-electron chi connectivity index (χ2n) is 4.29. The fraction of sp³-hybridized carbons (Fsp3) is 0.833. The van der Waals surface area contributed by atoms with Gasteiger partial charge < -0.3 is 15.5 Å². The molecule has 1 atom stereocenters. The number of carboxylic acid groups (broad SMARTS) is 1. The second kappa shape index (κ2) is 3.76. The van der Waals surface area contributed by atoms with E-state index in [-0.39, 0.29) is 6.04 Å². The topological polar surface area (TPSA) is 69.6 Å². The summed E-state index contributed by atoms with van der Waals surface area (Å²) >= 11 is 0. The first-order valence-corrected chi connectivity index (χ1v) is 4.34. The summed E-state index contributed by atoms with van der Waals surface area (Å²) in [5.74, 6) is -1.05. The van der Waals surface area contributed by atoms with Gasteiger partial charge in [0.2, 0.25) is 0 Å². The van der Waals surface area contributed by atoms with E-state index in [1.165, 1.54) is 23.5 Å². The van der Waals surface area contributed by atoms with Crippen molar-refractivity contribution in [3.8, 4) is 0 Å². The molecular weight excluding hydrogens is 167 g/mol. The van der Waals surface area contributed by atoms with Gasteiger partial charge in [-0.1, -0.05) is 13.8 Å². The van der Waals surface area contributed by atoms with Crippen molar-refractivity contribution in [3.05, 3.63) is 0 Å². The van der Waals surface area contributed by atoms with Crippen molar-refractivity contribution in [2.24, 2.45) is 0 Å². The predicted molar refractivity (Wildman–Crippen MR) is 59.2 cm³/mol. The minimum Gasteiger partial charge on any atom is -0.480 e. The van der Waals surface area contributed by atoms with Crippen LogP contribution in [0.2, 0.25) is 0 Å². The maximum absolute atomic E-state index is 11.0. The Bertz CT molecular complexity index is 204. The fourth-order valence-corrected chi connectivity index (χ4v) is 1.08. The first-order chi connectivity index (χ1) is 5.61. The van der Waals surface area contributed by atoms with E-state index in [2.05, 4.69) is 5.32 Å². The van der Waals surface area contributed by atoms with Gasteiger partial charge >= 0.3 is 5.97 Å². The first-order valence-electron chi connectivity index (χ1n) is 4.34. The van der Waals surface area contributed by atoms with E-state index >= 15 is 0 Å². The van der Waals surface area contributed by atoms with Crippen LogP contribution in [0, 0.1) is 0 Å². The summed E-state index contributed by atoms with van der Waals surface area (Å²) in [6, 6.07) is 0.00697. The molecule has 3 N–H and O–H groups in total. The molecule has 4 nitrogen and oxygen atoms in total. The fourth-order valence-electron chi connectivity index (χ4n) is 1.08. The van der Waals surface area contributed by atoms with Gasteiger partial charge in [0.15, 0.2) is 0 Å². The molecule has 0 aliphatic rings. The monoisotopic (exact) mass is 183 g/mol. The smallest absolute Gasteiger partial charge is 0.316 e. The number of rotatable bonds is 4. The van der Waals surface area contributed by atoms with Crippen molar-refractivity contribution in [1.82, 2.24) is 5.32 Å². The Kier molecular flexibility index (Phi) is 3.64. The lowest BCUT2D eigenvalue weighted by Gasteiger charge is -2.39. The van der Waals surface area contributed by atoms with Crippen LogP contribution in [0.4, 0.5) is 0 Å². The summed E-state index contributed by atoms with van der Waals surface area (Å²) in [4.78, 5) is 11.0. The van der Waals surface area contributed by atoms with Gasteiger partial charge in [0.25, 0.3) is 0 Å². The quantitative estimate of drug-likeness (QED) is 0.392. The van der Waals surface area contributed by atoms with Gasteiger partial charge in [-0.2, -0.15) is 0 Å². The third kappa shape index (κ3) is 2.77. The molecule has 72 valence electrons. The Labute approximate surface area is 81.3 Å². The minimum absolute atomic E-state index is 0.00697. The van der Waals surface area contributed by atoms with Crippen molar-refractivity contribution in [3.63, 3.8) is 0 Å². The average molecular weight is 183 g/mol. The predicted octanol–water partition coefficient (Wildman–Crippen LogP) is -3.69. The Hall–Kier alpha value is -0.415. The maximum atomic E-state index is 11.0. The zero-order valence-corrected chi connectivity index (χ0v) is 8.88. The molecule has 0 amide bonds. The van der Waals surface area contributed by atoms with Gasteiger partial charge in [-0.25, -0.2) is 0 Å². The molecular formula is C6H16B3NO3. The van der Waals surface area contributed by atoms with Gasteiger partial charge in [-0.3, -0.25) is 4.79 Å². The van der Waals surface area contributed by atoms with Crippen LogP contribution in [0.3, 0.4) is 0 Å². The third-order valence-electron chi connectivity index (χ3n) is 2.23. The number of hydrogen-bond donors (Lipinski definition) is 3. The van der Waals surface area contributed by atoms with Crippen LogP contribution in [-0.2, 0) is 4.79 Å². The highest BCUT2D eigenvalue weighted by molar-refractivity contribution is 6.48. The van der Waals surface area contributed by atoms with Crippen LogP contribution >= 0.6 is 0 Å². The highest BCUT2D eigenvalue weighted by Gasteiger charge is 2.45. The van der Waals surface area contributed by atoms with Crippen molar-refractivity contribution in [2.75, 3.05) is 0 Å². The molecule has 0 fully saturated rings. The van der Waals surface area contributed by atoms with Crippen LogP contribution in [-0.4, -0.2) is 56.6 Å². The normalized spacial score (nSPS) is 16.9. The Morgan fingerprint density at radius 1 is 1.38 bits per heavy atom. The van der Waals surface area contributed by atoms with E-state index in [4.69, 9.17) is 5.11 Å². The lowest BCUT2D eigenvalue weighted by molar-refractivity contribution is -0.144. The number of nitrogens with one attached hydrogen (secondary N) is 1. The van der Waals surface area contributed by atoms with Gasteiger partial charge in [-0.05, 0) is 0 Å². The number of carboxylic acids is 1. The SMILES string of the molecule is BC(B)(O)[C@@](B)(NC(C)C)C(=O)O. The molecule has 13 heavy (non-hydrogen) atoms. The Morgan fingerprint density at radius 3 is 1.85 bits per heavy atom. The van der Waals surface area contributed by atoms with Crippen molar-refractivity contribution < 1.29 is 15.0 Å². The molecule has 0 radical (unpaired) electrons. The summed E-state index contributed by atoms with van der Waals surface area (Å²) < 4.78 is 0. The third-order valence-corrected chi connectivity index (χ3v) is 2.23. The second-order valence-corrected chi connectivity index (χ2v) is 4.29. The summed E-state index contributed by atoms with van der Waals surface area (Å²) in [5.41, 5.74) is -1.32. The number of aliphatic hydroxyl groups is 1. The van der Waals surface area contributed by atoms with E-state index in [0.29, 0.717) is 0 Å². The zero-order chi connectivity index (χ0) is 10.9. The van der Waals surface area contributed by atoms with E-state index in [1.54, 1.807) is 0 Å². The first kappa shape index (κ1) is 12.6. The number of aliphatic carboxylic acids is 1. The highest BCUT2D eigenvalue weighted by Crippen LogP contribution is 2.13. The lowest BCUT2D eigenvalue weighted by Crippen LogP contribution is -2.70. The molecule has 0 aromatic rings. The molecule has 0 unspecified atom stereocenters. The van der Waals surface area contributed by atoms with Gasteiger partial charge in [0.05, 0.1) is 5.44 Å². The molecule has 0 aromatic carbocycles. The molecule has 0 bridgehead atoms. The van der Waals surface area contributed by atoms with E-state index in [9.17, 15) is 9.90 Å². The molecule has 0 aromatic heterocycles. The molecule has 0 saturated heterocycles. The van der Waals surface area contributed by atoms with Crippen molar-refractivity contribution in [2.45, 2.75) is 30.7 Å². The highest BCUT2D eigenvalue weighted by atomic mass is 16.4. The summed E-state index contributed by atoms with van der Waals surface area (Å²) in [7, 11) is 4.45. The molecule has 0 heterocycles. The summed E-state index contributed by atoms with van der Waals surface area (Å²) in [6.07, 6.45) is 0. The number of hydrogen-bond acceptors (Lipinski definition) is 3. The van der Waals surface area contributed by atoms with E-state index < -0.39 is 16.8 Å². The van der Waals surface area contributed by atoms with Crippen LogP contribution in [0.1, 0.15) is 13.8 Å². The maximum Gasteiger partial charge on any atom is 0.316 e. The number of carbonyl (C=O) groups is 1. The molecule has 0 aliphatic heterocycles. The molecule has 0 aliphatic carbocycles. The standard InChI is InChI=1S/C6H16B3NO3/c1-3(2)10-5(7,4(11)12)6(8,9)13/h3,10,13H,7-9H2,1-2H3,(H,11,12)/t5-/m0/s1. The Balaban J connectivity index is 4.85. The van der Waals surface area contributed by atoms with Crippen LogP contribution in [0.15, 0.2) is 0 Å². The van der Waals surface area contributed by atoms with Crippen LogP contribution in [0.5, 0.6) is 0 Å².